The maximum atomic E-state index is 14.7. The van der Waals surface area contributed by atoms with Crippen molar-refractivity contribution in [1.82, 2.24) is 9.80 Å². The Morgan fingerprint density at radius 1 is 1.00 bits per heavy atom. The maximum absolute atomic E-state index is 14.7. The monoisotopic (exact) mass is 569 g/mol. The van der Waals surface area contributed by atoms with Gasteiger partial charge < -0.3 is 29.1 Å². The zero-order valence-corrected chi connectivity index (χ0v) is 23.5. The van der Waals surface area contributed by atoms with Crippen molar-refractivity contribution < 1.29 is 28.9 Å². The molecule has 9 nitrogen and oxygen atoms in total. The molecule has 3 aromatic rings. The summed E-state index contributed by atoms with van der Waals surface area (Å²) in [6, 6.07) is 25.1. The number of aliphatic hydroxyl groups is 1. The van der Waals surface area contributed by atoms with E-state index in [1.807, 2.05) is 78.9 Å². The number of amides is 2. The Balaban J connectivity index is 1.39. The van der Waals surface area contributed by atoms with Crippen molar-refractivity contribution in [2.75, 3.05) is 46.1 Å². The number of aliphatic hydroxyl groups excluding tert-OH is 1. The van der Waals surface area contributed by atoms with Crippen LogP contribution < -0.4 is 4.74 Å². The van der Waals surface area contributed by atoms with Crippen molar-refractivity contribution in [3.8, 4) is 5.75 Å². The molecule has 0 spiro atoms. The largest absolute Gasteiger partial charge is 0.494 e. The molecule has 1 fully saturated rings. The molecule has 1 N–H and O–H groups in total. The summed E-state index contributed by atoms with van der Waals surface area (Å²) in [5, 5.41) is 9.04. The lowest BCUT2D eigenvalue weighted by atomic mass is 9.81. The van der Waals surface area contributed by atoms with Crippen LogP contribution in [0.4, 0.5) is 0 Å². The summed E-state index contributed by atoms with van der Waals surface area (Å²) in [6.45, 7) is 2.76. The Kier molecular flexibility index (Phi) is 8.21. The van der Waals surface area contributed by atoms with Gasteiger partial charge in [0.1, 0.15) is 12.3 Å². The first-order valence-corrected chi connectivity index (χ1v) is 14.4. The second-order valence-electron chi connectivity index (χ2n) is 10.8. The summed E-state index contributed by atoms with van der Waals surface area (Å²) in [5.41, 5.74) is 2.21. The van der Waals surface area contributed by atoms with Gasteiger partial charge in [-0.1, -0.05) is 54.6 Å². The Hall–Kier alpha value is -4.21. The van der Waals surface area contributed by atoms with Crippen molar-refractivity contribution in [3.05, 3.63) is 101 Å². The number of hydrogen-bond acceptors (Lipinski definition) is 7. The standard InChI is InChI=1S/C33H35N3O6/c37-17-6-18-41-27-13-11-25(12-14-27)31-34-33(21-24-7-2-1-3-8-24)30(42-31)28-10-5-4-9-26(28)22-36(32(33)39)23-29(38)35-15-19-40-20-16-35/h1-5,7-14,30,37H,6,15-23H2/t30-,33-/m0/s1. The average Bonchev–Trinajstić information content (AvgIpc) is 3.38. The van der Waals surface area contributed by atoms with E-state index < -0.39 is 11.6 Å². The molecule has 0 saturated carbocycles. The van der Waals surface area contributed by atoms with Crippen LogP contribution in [-0.4, -0.2) is 84.2 Å². The molecule has 9 heteroatoms. The van der Waals surface area contributed by atoms with Crippen LogP contribution in [0.3, 0.4) is 0 Å². The number of nitrogens with zero attached hydrogens (tertiary/aromatic N) is 3. The quantitative estimate of drug-likeness (QED) is 0.398. The van der Waals surface area contributed by atoms with E-state index in [9.17, 15) is 9.59 Å². The highest BCUT2D eigenvalue weighted by Gasteiger charge is 2.57. The maximum Gasteiger partial charge on any atom is 0.256 e. The van der Waals surface area contributed by atoms with Crippen LogP contribution >= 0.6 is 0 Å². The molecule has 2 atom stereocenters. The van der Waals surface area contributed by atoms with Gasteiger partial charge in [0, 0.05) is 50.2 Å². The van der Waals surface area contributed by atoms with Crippen LogP contribution in [0.25, 0.3) is 0 Å². The highest BCUT2D eigenvalue weighted by Crippen LogP contribution is 2.46. The van der Waals surface area contributed by atoms with Crippen LogP contribution in [-0.2, 0) is 32.0 Å². The van der Waals surface area contributed by atoms with E-state index in [0.29, 0.717) is 63.9 Å². The summed E-state index contributed by atoms with van der Waals surface area (Å²) in [5.74, 6) is 0.723. The van der Waals surface area contributed by atoms with Crippen LogP contribution in [0.15, 0.2) is 83.9 Å². The van der Waals surface area contributed by atoms with Gasteiger partial charge in [-0.05, 0) is 35.4 Å². The van der Waals surface area contributed by atoms with Gasteiger partial charge in [-0.2, -0.15) is 0 Å². The van der Waals surface area contributed by atoms with Gasteiger partial charge >= 0.3 is 0 Å². The lowest BCUT2D eigenvalue weighted by Gasteiger charge is -2.34. The molecular formula is C33H35N3O6. The number of carbonyl (C=O) groups excluding carboxylic acids is 2. The smallest absolute Gasteiger partial charge is 0.256 e. The van der Waals surface area contributed by atoms with E-state index in [0.717, 1.165) is 22.3 Å². The van der Waals surface area contributed by atoms with Gasteiger partial charge in [0.15, 0.2) is 11.6 Å². The number of benzene rings is 3. The van der Waals surface area contributed by atoms with Crippen LogP contribution in [0.2, 0.25) is 0 Å². The molecule has 0 aliphatic carbocycles. The molecule has 218 valence electrons. The van der Waals surface area contributed by atoms with Gasteiger partial charge in [0.2, 0.25) is 11.8 Å². The third-order valence-corrected chi connectivity index (χ3v) is 8.00. The van der Waals surface area contributed by atoms with E-state index in [2.05, 4.69) is 0 Å². The number of hydrogen-bond donors (Lipinski definition) is 1. The first kappa shape index (κ1) is 27.9. The summed E-state index contributed by atoms with van der Waals surface area (Å²) in [4.78, 5) is 36.6. The normalized spacial score (nSPS) is 21.6. The fourth-order valence-corrected chi connectivity index (χ4v) is 5.84. The number of rotatable bonds is 9. The van der Waals surface area contributed by atoms with E-state index in [1.165, 1.54) is 0 Å². The van der Waals surface area contributed by atoms with Gasteiger partial charge in [-0.3, -0.25) is 9.59 Å². The van der Waals surface area contributed by atoms with Gasteiger partial charge in [-0.15, -0.1) is 0 Å². The second kappa shape index (κ2) is 12.3. The Morgan fingerprint density at radius 3 is 2.50 bits per heavy atom. The van der Waals surface area contributed by atoms with Crippen molar-refractivity contribution in [2.45, 2.75) is 31.0 Å². The molecule has 1 saturated heterocycles. The van der Waals surface area contributed by atoms with Crippen LogP contribution in [0.5, 0.6) is 5.75 Å². The lowest BCUT2D eigenvalue weighted by molar-refractivity contribution is -0.147. The molecule has 6 rings (SSSR count). The van der Waals surface area contributed by atoms with Gasteiger partial charge in [0.05, 0.1) is 19.8 Å². The third kappa shape index (κ3) is 5.62. The van der Waals surface area contributed by atoms with E-state index in [-0.39, 0.29) is 25.0 Å². The average molecular weight is 570 g/mol. The van der Waals surface area contributed by atoms with Crippen molar-refractivity contribution in [3.63, 3.8) is 0 Å². The second-order valence-corrected chi connectivity index (χ2v) is 10.8. The van der Waals surface area contributed by atoms with Gasteiger partial charge in [-0.25, -0.2) is 4.99 Å². The third-order valence-electron chi connectivity index (χ3n) is 8.00. The molecule has 42 heavy (non-hydrogen) atoms. The highest BCUT2D eigenvalue weighted by atomic mass is 16.5. The molecule has 3 aliphatic heterocycles. The first-order valence-electron chi connectivity index (χ1n) is 14.4. The minimum Gasteiger partial charge on any atom is -0.494 e. The van der Waals surface area contributed by atoms with E-state index in [1.54, 1.807) is 9.80 Å². The predicted molar refractivity (Wildman–Crippen MR) is 156 cm³/mol. The van der Waals surface area contributed by atoms with Crippen LogP contribution in [0, 0.1) is 0 Å². The zero-order chi connectivity index (χ0) is 28.9. The fourth-order valence-electron chi connectivity index (χ4n) is 5.84. The minimum absolute atomic E-state index is 0.0405. The van der Waals surface area contributed by atoms with Gasteiger partial charge in [0.25, 0.3) is 5.91 Å². The Labute approximate surface area is 245 Å². The van der Waals surface area contributed by atoms with Crippen LogP contribution in [0.1, 0.15) is 34.8 Å². The molecular weight excluding hydrogens is 534 g/mol. The lowest BCUT2D eigenvalue weighted by Crippen LogP contribution is -2.53. The molecule has 3 aliphatic rings. The van der Waals surface area contributed by atoms with Crippen molar-refractivity contribution in [1.29, 1.82) is 0 Å². The first-order chi connectivity index (χ1) is 20.6. The number of carbonyl (C=O) groups is 2. The topological polar surface area (TPSA) is 101 Å². The summed E-state index contributed by atoms with van der Waals surface area (Å²) < 4.78 is 17.7. The minimum atomic E-state index is -1.30. The predicted octanol–water partition coefficient (Wildman–Crippen LogP) is 3.15. The molecule has 2 amide bonds. The molecule has 0 aromatic heterocycles. The fraction of sp³-hybridized carbons (Fsp3) is 0.364. The molecule has 0 unspecified atom stereocenters. The van der Waals surface area contributed by atoms with Crippen molar-refractivity contribution >= 4 is 17.7 Å². The molecule has 0 radical (unpaired) electrons. The highest BCUT2D eigenvalue weighted by molar-refractivity contribution is 6.02. The van der Waals surface area contributed by atoms with E-state index in [4.69, 9.17) is 24.3 Å². The SMILES string of the molecule is O=C(CN1Cc2ccccc2[C@@H]2OC(c3ccc(OCCCO)cc3)=N[C@]2(Cc2ccccc2)C1=O)N1CCOCC1. The summed E-state index contributed by atoms with van der Waals surface area (Å²) >= 11 is 0. The number of fused-ring (bicyclic) bond motifs is 3. The summed E-state index contributed by atoms with van der Waals surface area (Å²) in [7, 11) is 0. The van der Waals surface area contributed by atoms with E-state index >= 15 is 0 Å². The van der Waals surface area contributed by atoms with Crippen molar-refractivity contribution in [2.24, 2.45) is 4.99 Å². The molecule has 3 aromatic carbocycles. The number of aliphatic imine (C=N–C) groups is 1. The summed E-state index contributed by atoms with van der Waals surface area (Å²) in [6.07, 6.45) is 0.202. The Morgan fingerprint density at radius 2 is 1.74 bits per heavy atom. The Bertz CT molecular complexity index is 1440. The number of morpholine rings is 1. The number of ether oxygens (including phenoxy) is 3. The zero-order valence-electron chi connectivity index (χ0n) is 23.5. The molecule has 3 heterocycles. The molecule has 0 bridgehead atoms.